The summed E-state index contributed by atoms with van der Waals surface area (Å²) >= 11 is 0. The Hall–Kier alpha value is -3.02. The van der Waals surface area contributed by atoms with Crippen molar-refractivity contribution < 1.29 is 9.47 Å². The number of aromatic amines is 1. The van der Waals surface area contributed by atoms with Gasteiger partial charge in [0.2, 0.25) is 0 Å². The molecule has 0 aliphatic carbocycles. The zero-order chi connectivity index (χ0) is 16.6. The maximum absolute atomic E-state index is 12.7. The molecule has 0 fully saturated rings. The molecule has 0 bridgehead atoms. The maximum atomic E-state index is 12.7. The minimum atomic E-state index is -0.501. The standard InChI is InChI=1S/C17H16N2O4/c1-10-4-6-11(7-5-10)19-16(20)12-8-14(22-2)15(23-3)9-13(12)18-17(19)21/h4-9H,1-3H3,(H,18,21). The van der Waals surface area contributed by atoms with Crippen molar-refractivity contribution in [2.24, 2.45) is 0 Å². The Morgan fingerprint density at radius 1 is 0.957 bits per heavy atom. The average Bonchev–Trinajstić information content (AvgIpc) is 2.55. The van der Waals surface area contributed by atoms with E-state index in [9.17, 15) is 9.59 Å². The number of fused-ring (bicyclic) bond motifs is 1. The van der Waals surface area contributed by atoms with E-state index in [-0.39, 0.29) is 0 Å². The third-order valence-corrected chi connectivity index (χ3v) is 3.69. The Labute approximate surface area is 131 Å². The van der Waals surface area contributed by atoms with E-state index in [4.69, 9.17) is 9.47 Å². The lowest BCUT2D eigenvalue weighted by atomic mass is 10.2. The molecule has 0 spiro atoms. The van der Waals surface area contributed by atoms with Crippen molar-refractivity contribution in [2.75, 3.05) is 14.2 Å². The fourth-order valence-electron chi connectivity index (χ4n) is 2.47. The first-order valence-electron chi connectivity index (χ1n) is 7.03. The van der Waals surface area contributed by atoms with Gasteiger partial charge in [-0.15, -0.1) is 0 Å². The van der Waals surface area contributed by atoms with Crippen LogP contribution in [0.3, 0.4) is 0 Å². The topological polar surface area (TPSA) is 73.3 Å². The van der Waals surface area contributed by atoms with Crippen LogP contribution in [-0.4, -0.2) is 23.8 Å². The van der Waals surface area contributed by atoms with Crippen molar-refractivity contribution in [1.82, 2.24) is 9.55 Å². The van der Waals surface area contributed by atoms with Crippen molar-refractivity contribution in [2.45, 2.75) is 6.92 Å². The van der Waals surface area contributed by atoms with Crippen molar-refractivity contribution >= 4 is 10.9 Å². The summed E-state index contributed by atoms with van der Waals surface area (Å²) in [6.45, 7) is 1.94. The molecule has 0 unspecified atom stereocenters. The van der Waals surface area contributed by atoms with E-state index >= 15 is 0 Å². The Morgan fingerprint density at radius 3 is 2.17 bits per heavy atom. The molecule has 0 aliphatic rings. The Balaban J connectivity index is 2.35. The SMILES string of the molecule is COc1cc2[nH]c(=O)n(-c3ccc(C)cc3)c(=O)c2cc1OC. The van der Waals surface area contributed by atoms with Crippen LogP contribution in [0.4, 0.5) is 0 Å². The fourth-order valence-corrected chi connectivity index (χ4v) is 2.47. The first-order valence-corrected chi connectivity index (χ1v) is 7.03. The second-order valence-corrected chi connectivity index (χ2v) is 5.16. The highest BCUT2D eigenvalue weighted by Crippen LogP contribution is 2.29. The second-order valence-electron chi connectivity index (χ2n) is 5.16. The molecule has 0 atom stereocenters. The molecular weight excluding hydrogens is 296 g/mol. The largest absolute Gasteiger partial charge is 0.493 e. The van der Waals surface area contributed by atoms with E-state index in [0.717, 1.165) is 10.1 Å². The molecule has 2 aromatic carbocycles. The van der Waals surface area contributed by atoms with Crippen LogP contribution < -0.4 is 20.7 Å². The van der Waals surface area contributed by atoms with Crippen molar-refractivity contribution in [3.8, 4) is 17.2 Å². The number of ether oxygens (including phenoxy) is 2. The summed E-state index contributed by atoms with van der Waals surface area (Å²) in [5.74, 6) is 0.878. The Kier molecular flexibility index (Phi) is 3.65. The summed E-state index contributed by atoms with van der Waals surface area (Å²) in [7, 11) is 2.99. The maximum Gasteiger partial charge on any atom is 0.333 e. The predicted molar refractivity (Wildman–Crippen MR) is 88.0 cm³/mol. The highest BCUT2D eigenvalue weighted by molar-refractivity contribution is 5.82. The normalized spacial score (nSPS) is 10.7. The first-order chi connectivity index (χ1) is 11.0. The molecule has 0 aliphatic heterocycles. The van der Waals surface area contributed by atoms with Gasteiger partial charge in [-0.25, -0.2) is 9.36 Å². The van der Waals surface area contributed by atoms with E-state index < -0.39 is 11.2 Å². The van der Waals surface area contributed by atoms with Crippen LogP contribution in [0.15, 0.2) is 46.0 Å². The van der Waals surface area contributed by atoms with Gasteiger partial charge in [0.1, 0.15) is 0 Å². The van der Waals surface area contributed by atoms with Gasteiger partial charge in [0, 0.05) is 6.07 Å². The summed E-state index contributed by atoms with van der Waals surface area (Å²) in [6.07, 6.45) is 0. The van der Waals surface area contributed by atoms with Gasteiger partial charge in [0.25, 0.3) is 5.56 Å². The number of aryl methyl sites for hydroxylation is 1. The zero-order valence-corrected chi connectivity index (χ0v) is 13.0. The number of H-pyrrole nitrogens is 1. The van der Waals surface area contributed by atoms with E-state index in [2.05, 4.69) is 4.98 Å². The highest BCUT2D eigenvalue weighted by atomic mass is 16.5. The smallest absolute Gasteiger partial charge is 0.333 e. The number of hydrogen-bond acceptors (Lipinski definition) is 4. The van der Waals surface area contributed by atoms with Crippen molar-refractivity contribution in [1.29, 1.82) is 0 Å². The quantitative estimate of drug-likeness (QED) is 0.803. The lowest BCUT2D eigenvalue weighted by Crippen LogP contribution is -2.33. The summed E-state index contributed by atoms with van der Waals surface area (Å²) < 4.78 is 11.5. The van der Waals surface area contributed by atoms with Gasteiger partial charge in [-0.2, -0.15) is 0 Å². The van der Waals surface area contributed by atoms with Gasteiger partial charge in [-0.05, 0) is 25.1 Å². The zero-order valence-electron chi connectivity index (χ0n) is 13.0. The lowest BCUT2D eigenvalue weighted by Gasteiger charge is -2.11. The van der Waals surface area contributed by atoms with Crippen molar-refractivity contribution in [3.63, 3.8) is 0 Å². The van der Waals surface area contributed by atoms with Crippen LogP contribution in [0, 0.1) is 6.92 Å². The van der Waals surface area contributed by atoms with Gasteiger partial charge in [-0.3, -0.25) is 4.79 Å². The molecule has 6 nitrogen and oxygen atoms in total. The van der Waals surface area contributed by atoms with Crippen molar-refractivity contribution in [3.05, 3.63) is 62.8 Å². The average molecular weight is 312 g/mol. The van der Waals surface area contributed by atoms with Gasteiger partial charge in [0.15, 0.2) is 11.5 Å². The number of nitrogens with one attached hydrogen (secondary N) is 1. The first kappa shape index (κ1) is 14.9. The summed E-state index contributed by atoms with van der Waals surface area (Å²) in [5, 5.41) is 0.350. The minimum absolute atomic E-state index is 0.350. The molecule has 0 amide bonds. The van der Waals surface area contributed by atoms with Crippen LogP contribution in [0.25, 0.3) is 16.6 Å². The number of aromatic nitrogens is 2. The monoisotopic (exact) mass is 312 g/mol. The molecule has 0 saturated heterocycles. The van der Waals surface area contributed by atoms with E-state index in [1.165, 1.54) is 14.2 Å². The molecule has 118 valence electrons. The summed E-state index contributed by atoms with van der Waals surface area (Å²) in [5.41, 5.74) is 1.05. The molecule has 0 saturated carbocycles. The third kappa shape index (κ3) is 2.48. The number of benzene rings is 2. The van der Waals surface area contributed by atoms with Crippen LogP contribution in [0.2, 0.25) is 0 Å². The summed E-state index contributed by atoms with van der Waals surface area (Å²) in [6, 6.07) is 10.3. The van der Waals surface area contributed by atoms with Crippen LogP contribution in [0.1, 0.15) is 5.56 Å². The molecule has 0 radical (unpaired) electrons. The summed E-state index contributed by atoms with van der Waals surface area (Å²) in [4.78, 5) is 27.8. The highest BCUT2D eigenvalue weighted by Gasteiger charge is 2.13. The lowest BCUT2D eigenvalue weighted by molar-refractivity contribution is 0.355. The molecule has 3 aromatic rings. The number of nitrogens with zero attached hydrogens (tertiary/aromatic N) is 1. The minimum Gasteiger partial charge on any atom is -0.493 e. The predicted octanol–water partition coefficient (Wildman–Crippen LogP) is 2.00. The number of hydrogen-bond donors (Lipinski definition) is 1. The molecule has 1 aromatic heterocycles. The third-order valence-electron chi connectivity index (χ3n) is 3.69. The molecule has 6 heteroatoms. The van der Waals surface area contributed by atoms with Gasteiger partial charge in [-0.1, -0.05) is 17.7 Å². The van der Waals surface area contributed by atoms with Gasteiger partial charge in [0.05, 0.1) is 30.8 Å². The molecule has 3 rings (SSSR count). The number of methoxy groups -OCH3 is 2. The molecule has 23 heavy (non-hydrogen) atoms. The van der Waals surface area contributed by atoms with E-state index in [1.54, 1.807) is 24.3 Å². The number of rotatable bonds is 3. The Bertz CT molecular complexity index is 984. The fraction of sp³-hybridized carbons (Fsp3) is 0.176. The molecule has 1 heterocycles. The van der Waals surface area contributed by atoms with Gasteiger partial charge >= 0.3 is 5.69 Å². The molecular formula is C17H16N2O4. The van der Waals surface area contributed by atoms with Crippen LogP contribution in [-0.2, 0) is 0 Å². The van der Waals surface area contributed by atoms with Crippen LogP contribution in [0.5, 0.6) is 11.5 Å². The van der Waals surface area contributed by atoms with E-state index in [0.29, 0.717) is 28.1 Å². The Morgan fingerprint density at radius 2 is 1.57 bits per heavy atom. The second kappa shape index (κ2) is 5.64. The van der Waals surface area contributed by atoms with Gasteiger partial charge < -0.3 is 14.5 Å². The van der Waals surface area contributed by atoms with Crippen LogP contribution >= 0.6 is 0 Å². The molecule has 1 N–H and O–H groups in total. The van der Waals surface area contributed by atoms with E-state index in [1.807, 2.05) is 19.1 Å².